The minimum Gasteiger partial charge on any atom is -0.487 e. The number of nitrogens with zero attached hydrogens (tertiary/aromatic N) is 1. The van der Waals surface area contributed by atoms with E-state index in [1.165, 1.54) is 5.56 Å². The lowest BCUT2D eigenvalue weighted by Crippen LogP contribution is -2.14. The molecule has 0 bridgehead atoms. The van der Waals surface area contributed by atoms with E-state index in [0.717, 1.165) is 29.6 Å². The highest BCUT2D eigenvalue weighted by atomic mass is 127. The third kappa shape index (κ3) is 6.31. The van der Waals surface area contributed by atoms with Crippen molar-refractivity contribution in [2.45, 2.75) is 20.5 Å². The maximum atomic E-state index is 12.6. The van der Waals surface area contributed by atoms with Gasteiger partial charge >= 0.3 is 0 Å². The van der Waals surface area contributed by atoms with Crippen molar-refractivity contribution >= 4 is 62.9 Å². The van der Waals surface area contributed by atoms with Crippen LogP contribution in [0.2, 0.25) is 0 Å². The highest BCUT2D eigenvalue weighted by Gasteiger charge is 2.13. The molecule has 0 heterocycles. The summed E-state index contributed by atoms with van der Waals surface area (Å²) in [6, 6.07) is 21.5. The van der Waals surface area contributed by atoms with Gasteiger partial charge in [-0.05, 0) is 100.0 Å². The molecule has 156 valence electrons. The molecule has 0 unspecified atom stereocenters. The molecular formula is C25H20I2N2O2. The van der Waals surface area contributed by atoms with Gasteiger partial charge in [-0.15, -0.1) is 0 Å². The number of anilines is 1. The second-order valence-electron chi connectivity index (χ2n) is 7.03. The van der Waals surface area contributed by atoms with Gasteiger partial charge in [-0.2, -0.15) is 5.26 Å². The van der Waals surface area contributed by atoms with E-state index >= 15 is 0 Å². The number of aryl methyl sites for hydroxylation is 2. The van der Waals surface area contributed by atoms with Crippen molar-refractivity contribution in [2.24, 2.45) is 0 Å². The molecule has 0 saturated heterocycles. The van der Waals surface area contributed by atoms with Crippen LogP contribution < -0.4 is 10.1 Å². The van der Waals surface area contributed by atoms with Crippen LogP contribution in [0.1, 0.15) is 22.3 Å². The Kier molecular flexibility index (Phi) is 8.09. The quantitative estimate of drug-likeness (QED) is 0.188. The Morgan fingerprint density at radius 1 is 1.06 bits per heavy atom. The molecule has 0 saturated carbocycles. The number of amides is 1. The summed E-state index contributed by atoms with van der Waals surface area (Å²) in [6.07, 6.45) is 1.60. The lowest BCUT2D eigenvalue weighted by atomic mass is 10.1. The van der Waals surface area contributed by atoms with Crippen LogP contribution in [-0.2, 0) is 11.4 Å². The van der Waals surface area contributed by atoms with Gasteiger partial charge in [-0.3, -0.25) is 4.79 Å². The average molecular weight is 634 g/mol. The Morgan fingerprint density at radius 3 is 2.42 bits per heavy atom. The molecule has 3 rings (SSSR count). The fraction of sp³-hybridized carbons (Fsp3) is 0.120. The van der Waals surface area contributed by atoms with Crippen LogP contribution in [0.15, 0.2) is 66.2 Å². The molecule has 1 amide bonds. The van der Waals surface area contributed by atoms with Crippen molar-refractivity contribution in [1.29, 1.82) is 5.26 Å². The van der Waals surface area contributed by atoms with Crippen LogP contribution in [0.25, 0.3) is 6.08 Å². The minimum atomic E-state index is -0.429. The predicted octanol–water partition coefficient (Wildman–Crippen LogP) is 6.64. The third-order valence-electron chi connectivity index (χ3n) is 4.56. The summed E-state index contributed by atoms with van der Waals surface area (Å²) in [5.41, 5.74) is 4.75. The van der Waals surface area contributed by atoms with Crippen LogP contribution in [0.5, 0.6) is 5.75 Å². The lowest BCUT2D eigenvalue weighted by Gasteiger charge is -2.12. The van der Waals surface area contributed by atoms with Crippen LogP contribution in [0.3, 0.4) is 0 Å². The number of halogens is 2. The van der Waals surface area contributed by atoms with Gasteiger partial charge < -0.3 is 10.1 Å². The van der Waals surface area contributed by atoms with Gasteiger partial charge in [0.1, 0.15) is 24.0 Å². The number of ether oxygens (including phenoxy) is 1. The van der Waals surface area contributed by atoms with Gasteiger partial charge in [0.25, 0.3) is 5.91 Å². The van der Waals surface area contributed by atoms with Gasteiger partial charge in [0.15, 0.2) is 0 Å². The zero-order valence-corrected chi connectivity index (χ0v) is 21.4. The summed E-state index contributed by atoms with van der Waals surface area (Å²) in [6.45, 7) is 4.44. The Morgan fingerprint density at radius 2 is 1.77 bits per heavy atom. The first-order chi connectivity index (χ1) is 14.9. The van der Waals surface area contributed by atoms with Gasteiger partial charge in [0.2, 0.25) is 0 Å². The topological polar surface area (TPSA) is 62.1 Å². The Bertz CT molecular complexity index is 1170. The number of para-hydroxylation sites is 1. The zero-order valence-electron chi connectivity index (χ0n) is 17.1. The zero-order chi connectivity index (χ0) is 22.4. The van der Waals surface area contributed by atoms with Crippen molar-refractivity contribution in [1.82, 2.24) is 0 Å². The van der Waals surface area contributed by atoms with Crippen LogP contribution in [0, 0.1) is 32.3 Å². The summed E-state index contributed by atoms with van der Waals surface area (Å²) < 4.78 is 7.89. The summed E-state index contributed by atoms with van der Waals surface area (Å²) in [5, 5.41) is 12.3. The third-order valence-corrected chi connectivity index (χ3v) is 6.16. The molecule has 3 aromatic carbocycles. The maximum Gasteiger partial charge on any atom is 0.266 e. The molecule has 0 aliphatic carbocycles. The summed E-state index contributed by atoms with van der Waals surface area (Å²) in [7, 11) is 0. The first-order valence-electron chi connectivity index (χ1n) is 9.53. The largest absolute Gasteiger partial charge is 0.487 e. The predicted molar refractivity (Wildman–Crippen MR) is 141 cm³/mol. The smallest absolute Gasteiger partial charge is 0.266 e. The number of benzene rings is 3. The minimum absolute atomic E-state index is 0.0447. The number of carbonyl (C=O) groups is 1. The fourth-order valence-electron chi connectivity index (χ4n) is 2.98. The van der Waals surface area contributed by atoms with Crippen molar-refractivity contribution in [3.05, 3.63) is 95.6 Å². The number of carbonyl (C=O) groups excluding carboxylic acids is 1. The Hall–Kier alpha value is -2.38. The highest BCUT2D eigenvalue weighted by Crippen LogP contribution is 2.30. The molecule has 0 aliphatic heterocycles. The van der Waals surface area contributed by atoms with Crippen LogP contribution in [-0.4, -0.2) is 5.91 Å². The van der Waals surface area contributed by atoms with Crippen molar-refractivity contribution in [3.63, 3.8) is 0 Å². The lowest BCUT2D eigenvalue weighted by molar-refractivity contribution is -0.112. The van der Waals surface area contributed by atoms with Crippen molar-refractivity contribution in [3.8, 4) is 11.8 Å². The molecule has 0 atom stereocenters. The van der Waals surface area contributed by atoms with E-state index < -0.39 is 5.91 Å². The molecule has 0 radical (unpaired) electrons. The van der Waals surface area contributed by atoms with E-state index in [9.17, 15) is 10.1 Å². The van der Waals surface area contributed by atoms with Gasteiger partial charge in [-0.1, -0.05) is 48.0 Å². The number of rotatable bonds is 6. The fourth-order valence-corrected chi connectivity index (χ4v) is 5.10. The molecular weight excluding hydrogens is 614 g/mol. The first-order valence-corrected chi connectivity index (χ1v) is 11.7. The second kappa shape index (κ2) is 10.8. The van der Waals surface area contributed by atoms with E-state index in [2.05, 4.69) is 69.6 Å². The van der Waals surface area contributed by atoms with Crippen LogP contribution in [0.4, 0.5) is 5.69 Å². The van der Waals surface area contributed by atoms with E-state index in [0.29, 0.717) is 12.3 Å². The first kappa shape index (κ1) is 23.3. The molecule has 31 heavy (non-hydrogen) atoms. The molecule has 0 aliphatic rings. The Balaban J connectivity index is 1.78. The maximum absolute atomic E-state index is 12.6. The molecule has 0 spiro atoms. The molecule has 0 fully saturated rings. The average Bonchev–Trinajstić information content (AvgIpc) is 2.73. The Labute approximate surface area is 209 Å². The number of hydrogen-bond donors (Lipinski definition) is 1. The molecule has 4 nitrogen and oxygen atoms in total. The number of nitrogens with one attached hydrogen (secondary N) is 1. The summed E-state index contributed by atoms with van der Waals surface area (Å²) in [4.78, 5) is 12.6. The number of hydrogen-bond acceptors (Lipinski definition) is 3. The van der Waals surface area contributed by atoms with E-state index in [4.69, 9.17) is 4.74 Å². The van der Waals surface area contributed by atoms with E-state index in [1.807, 2.05) is 61.5 Å². The van der Waals surface area contributed by atoms with Crippen LogP contribution >= 0.6 is 45.2 Å². The highest BCUT2D eigenvalue weighted by molar-refractivity contribution is 14.1. The van der Waals surface area contributed by atoms with Gasteiger partial charge in [0.05, 0.1) is 7.14 Å². The van der Waals surface area contributed by atoms with Crippen molar-refractivity contribution < 1.29 is 9.53 Å². The summed E-state index contributed by atoms with van der Waals surface area (Å²) in [5.74, 6) is 0.365. The summed E-state index contributed by atoms with van der Waals surface area (Å²) >= 11 is 4.44. The normalized spacial score (nSPS) is 11.0. The van der Waals surface area contributed by atoms with E-state index in [-0.39, 0.29) is 5.57 Å². The molecule has 1 N–H and O–H groups in total. The van der Waals surface area contributed by atoms with Gasteiger partial charge in [0, 0.05) is 5.69 Å². The molecule has 3 aromatic rings. The standard InChI is InChI=1S/C25H20I2N2O2/c1-16-6-5-8-18(10-16)15-31-24-21(26)12-19(13-22(24)27)11-20(14-28)25(30)29-23-9-4-3-7-17(23)2/h3-13H,15H2,1-2H3,(H,29,30)/b20-11-. The van der Waals surface area contributed by atoms with E-state index in [1.54, 1.807) is 6.08 Å². The number of nitriles is 1. The van der Waals surface area contributed by atoms with Gasteiger partial charge in [-0.25, -0.2) is 0 Å². The van der Waals surface area contributed by atoms with Crippen molar-refractivity contribution in [2.75, 3.05) is 5.32 Å². The monoisotopic (exact) mass is 634 g/mol. The SMILES string of the molecule is Cc1cccc(COc2c(I)cc(/C=C(/C#N)C(=O)Nc3ccccc3C)cc2I)c1. The molecule has 6 heteroatoms. The molecule has 0 aromatic heterocycles. The second-order valence-corrected chi connectivity index (χ2v) is 9.35.